The van der Waals surface area contributed by atoms with Crippen LogP contribution in [-0.4, -0.2) is 43.5 Å². The Kier molecular flexibility index (Phi) is 4.80. The van der Waals surface area contributed by atoms with Crippen molar-refractivity contribution in [1.29, 1.82) is 0 Å². The number of likely N-dealkylation sites (tertiary alicyclic amines) is 1. The van der Waals surface area contributed by atoms with Crippen LogP contribution in [0.3, 0.4) is 0 Å². The van der Waals surface area contributed by atoms with E-state index in [-0.39, 0.29) is 5.91 Å². The van der Waals surface area contributed by atoms with Crippen LogP contribution in [0.4, 0.5) is 5.69 Å². The Morgan fingerprint density at radius 1 is 1.37 bits per heavy atom. The highest BCUT2D eigenvalue weighted by Gasteiger charge is 2.16. The summed E-state index contributed by atoms with van der Waals surface area (Å²) in [5, 5.41) is 6.34. The Hall–Kier alpha value is -1.55. The highest BCUT2D eigenvalue weighted by molar-refractivity contribution is 5.94. The van der Waals surface area contributed by atoms with Crippen molar-refractivity contribution in [3.8, 4) is 0 Å². The molecule has 0 aromatic heterocycles. The Morgan fingerprint density at radius 3 is 2.74 bits per heavy atom. The van der Waals surface area contributed by atoms with Crippen molar-refractivity contribution >= 4 is 11.6 Å². The van der Waals surface area contributed by atoms with E-state index < -0.39 is 0 Å². The second-order valence-electron chi connectivity index (χ2n) is 5.18. The molecule has 0 bridgehead atoms. The maximum absolute atomic E-state index is 11.7. The average molecular weight is 261 g/mol. The molecule has 104 valence electrons. The number of rotatable bonds is 4. The topological polar surface area (TPSA) is 44.4 Å². The Bertz CT molecular complexity index is 416. The molecule has 19 heavy (non-hydrogen) atoms. The molecule has 1 aromatic rings. The number of nitrogens with zero attached hydrogens (tertiary/aromatic N) is 1. The van der Waals surface area contributed by atoms with Gasteiger partial charge in [0.15, 0.2) is 0 Å². The van der Waals surface area contributed by atoms with Gasteiger partial charge in [0.1, 0.15) is 0 Å². The first-order valence-corrected chi connectivity index (χ1v) is 7.02. The van der Waals surface area contributed by atoms with Crippen LogP contribution in [0.1, 0.15) is 30.1 Å². The monoisotopic (exact) mass is 261 g/mol. The summed E-state index contributed by atoms with van der Waals surface area (Å²) >= 11 is 0. The summed E-state index contributed by atoms with van der Waals surface area (Å²) in [5.41, 5.74) is 1.81. The van der Waals surface area contributed by atoms with Crippen LogP contribution < -0.4 is 10.6 Å². The number of carbonyl (C=O) groups excluding carboxylic acids is 1. The summed E-state index contributed by atoms with van der Waals surface area (Å²) in [6, 6.07) is 8.23. The molecule has 1 atom stereocenters. The lowest BCUT2D eigenvalue weighted by molar-refractivity contribution is 0.0956. The number of anilines is 1. The quantitative estimate of drug-likeness (QED) is 0.870. The fourth-order valence-electron chi connectivity index (χ4n) is 2.50. The summed E-state index contributed by atoms with van der Waals surface area (Å²) in [5.74, 6) is -0.00792. The van der Waals surface area contributed by atoms with E-state index in [1.165, 1.54) is 19.4 Å². The molecule has 1 aliphatic rings. The van der Waals surface area contributed by atoms with Crippen LogP contribution in [0.2, 0.25) is 0 Å². The maximum atomic E-state index is 11.7. The van der Waals surface area contributed by atoms with Gasteiger partial charge in [-0.15, -0.1) is 0 Å². The zero-order valence-corrected chi connectivity index (χ0v) is 11.8. The Morgan fingerprint density at radius 2 is 2.11 bits per heavy atom. The van der Waals surface area contributed by atoms with Crippen LogP contribution in [0.5, 0.6) is 0 Å². The highest BCUT2D eigenvalue weighted by atomic mass is 16.1. The molecule has 0 spiro atoms. The van der Waals surface area contributed by atoms with E-state index >= 15 is 0 Å². The van der Waals surface area contributed by atoms with Gasteiger partial charge in [0.25, 0.3) is 5.91 Å². The second-order valence-corrected chi connectivity index (χ2v) is 5.18. The minimum Gasteiger partial charge on any atom is -0.381 e. The van der Waals surface area contributed by atoms with E-state index in [0.29, 0.717) is 18.2 Å². The third-order valence-corrected chi connectivity index (χ3v) is 3.48. The van der Waals surface area contributed by atoms with E-state index in [2.05, 4.69) is 22.6 Å². The molecule has 0 radical (unpaired) electrons. The Labute approximate surface area is 115 Å². The molecular formula is C15H23N3O. The first-order chi connectivity index (χ1) is 9.19. The van der Waals surface area contributed by atoms with Crippen LogP contribution >= 0.6 is 0 Å². The lowest BCUT2D eigenvalue weighted by Gasteiger charge is -2.30. The molecule has 1 amide bonds. The van der Waals surface area contributed by atoms with Gasteiger partial charge in [-0.25, -0.2) is 0 Å². The maximum Gasteiger partial charge on any atom is 0.251 e. The third-order valence-electron chi connectivity index (χ3n) is 3.48. The van der Waals surface area contributed by atoms with Crippen LogP contribution in [-0.2, 0) is 0 Å². The average Bonchev–Trinajstić information content (AvgIpc) is 2.40. The van der Waals surface area contributed by atoms with Gasteiger partial charge in [-0.3, -0.25) is 4.79 Å². The van der Waals surface area contributed by atoms with Crippen LogP contribution in [0.25, 0.3) is 0 Å². The zero-order valence-electron chi connectivity index (χ0n) is 11.8. The third kappa shape index (κ3) is 3.96. The van der Waals surface area contributed by atoms with Gasteiger partial charge in [0.05, 0.1) is 0 Å². The van der Waals surface area contributed by atoms with Gasteiger partial charge in [-0.05, 0) is 57.6 Å². The molecule has 2 rings (SSSR count). The molecule has 4 nitrogen and oxygen atoms in total. The fraction of sp³-hybridized carbons (Fsp3) is 0.533. The molecule has 0 aliphatic carbocycles. The Balaban J connectivity index is 1.93. The molecule has 4 heteroatoms. The summed E-state index contributed by atoms with van der Waals surface area (Å²) in [4.78, 5) is 14.0. The molecule has 1 heterocycles. The fourth-order valence-corrected chi connectivity index (χ4v) is 2.50. The van der Waals surface area contributed by atoms with Crippen molar-refractivity contribution in [3.63, 3.8) is 0 Å². The molecule has 2 N–H and O–H groups in total. The first kappa shape index (κ1) is 13.9. The summed E-state index contributed by atoms with van der Waals surface area (Å²) in [6.45, 7) is 4.85. The molecule has 1 unspecified atom stereocenters. The largest absolute Gasteiger partial charge is 0.381 e. The summed E-state index contributed by atoms with van der Waals surface area (Å²) in [7, 11) is 2.16. The number of benzene rings is 1. The summed E-state index contributed by atoms with van der Waals surface area (Å²) < 4.78 is 0. The van der Waals surface area contributed by atoms with E-state index in [9.17, 15) is 4.79 Å². The van der Waals surface area contributed by atoms with Crippen molar-refractivity contribution in [3.05, 3.63) is 29.8 Å². The van der Waals surface area contributed by atoms with Gasteiger partial charge < -0.3 is 15.5 Å². The molecular weight excluding hydrogens is 238 g/mol. The van der Waals surface area contributed by atoms with Crippen molar-refractivity contribution in [2.45, 2.75) is 25.8 Å². The van der Waals surface area contributed by atoms with Gasteiger partial charge in [0, 0.05) is 30.4 Å². The van der Waals surface area contributed by atoms with Gasteiger partial charge >= 0.3 is 0 Å². The minimum absolute atomic E-state index is 0.00792. The second kappa shape index (κ2) is 6.57. The summed E-state index contributed by atoms with van der Waals surface area (Å²) in [6.07, 6.45) is 2.45. The lowest BCUT2D eigenvalue weighted by atomic mass is 10.1. The molecule has 1 fully saturated rings. The van der Waals surface area contributed by atoms with Gasteiger partial charge in [0.2, 0.25) is 0 Å². The minimum atomic E-state index is -0.00792. The highest BCUT2D eigenvalue weighted by Crippen LogP contribution is 2.16. The van der Waals surface area contributed by atoms with Gasteiger partial charge in [-0.1, -0.05) is 0 Å². The van der Waals surface area contributed by atoms with E-state index in [1.807, 2.05) is 31.2 Å². The van der Waals surface area contributed by atoms with Crippen molar-refractivity contribution in [2.24, 2.45) is 0 Å². The lowest BCUT2D eigenvalue weighted by Crippen LogP contribution is -2.39. The van der Waals surface area contributed by atoms with E-state index in [4.69, 9.17) is 0 Å². The van der Waals surface area contributed by atoms with E-state index in [1.54, 1.807) is 0 Å². The van der Waals surface area contributed by atoms with Gasteiger partial charge in [-0.2, -0.15) is 0 Å². The number of hydrogen-bond acceptors (Lipinski definition) is 3. The standard InChI is InChI=1S/C15H23N3O/c1-3-16-15(19)12-6-8-13(9-7-12)17-14-5-4-10-18(2)11-14/h6-9,14,17H,3-5,10-11H2,1-2H3,(H,16,19). The predicted octanol–water partition coefficient (Wildman–Crippen LogP) is 1.94. The SMILES string of the molecule is CCNC(=O)c1ccc(NC2CCCN(C)C2)cc1. The number of piperidine rings is 1. The number of hydrogen-bond donors (Lipinski definition) is 2. The van der Waals surface area contributed by atoms with Crippen molar-refractivity contribution < 1.29 is 4.79 Å². The van der Waals surface area contributed by atoms with Crippen molar-refractivity contribution in [1.82, 2.24) is 10.2 Å². The van der Waals surface area contributed by atoms with Crippen molar-refractivity contribution in [2.75, 3.05) is 32.0 Å². The van der Waals surface area contributed by atoms with Crippen LogP contribution in [0, 0.1) is 0 Å². The number of likely N-dealkylation sites (N-methyl/N-ethyl adjacent to an activating group) is 1. The van der Waals surface area contributed by atoms with E-state index in [0.717, 1.165) is 12.2 Å². The number of nitrogens with one attached hydrogen (secondary N) is 2. The molecule has 1 aromatic carbocycles. The first-order valence-electron chi connectivity index (χ1n) is 7.02. The number of amides is 1. The molecule has 1 saturated heterocycles. The molecule has 0 saturated carbocycles. The normalized spacial score (nSPS) is 20.0. The smallest absolute Gasteiger partial charge is 0.251 e. The number of carbonyl (C=O) groups is 1. The predicted molar refractivity (Wildman–Crippen MR) is 78.6 cm³/mol. The molecule has 1 aliphatic heterocycles. The van der Waals surface area contributed by atoms with Crippen LogP contribution in [0.15, 0.2) is 24.3 Å². The zero-order chi connectivity index (χ0) is 13.7.